The Kier molecular flexibility index (Phi) is 4.68. The van der Waals surface area contributed by atoms with Gasteiger partial charge < -0.3 is 10.4 Å². The maximum Gasteiger partial charge on any atom is 0.0628 e. The van der Waals surface area contributed by atoms with Crippen LogP contribution in [0.15, 0.2) is 0 Å². The van der Waals surface area contributed by atoms with Gasteiger partial charge in [-0.2, -0.15) is 0 Å². The molecule has 2 atom stereocenters. The molecule has 2 saturated carbocycles. The number of nitrogens with one attached hydrogen (secondary N) is 1. The summed E-state index contributed by atoms with van der Waals surface area (Å²) in [7, 11) is 0. The zero-order valence-corrected chi connectivity index (χ0v) is 12.3. The van der Waals surface area contributed by atoms with Crippen LogP contribution < -0.4 is 5.32 Å². The van der Waals surface area contributed by atoms with Gasteiger partial charge in [0.25, 0.3) is 0 Å². The first-order valence-corrected chi connectivity index (χ1v) is 7.77. The molecular formula is C15H30N2O. The van der Waals surface area contributed by atoms with Crippen molar-refractivity contribution < 1.29 is 5.11 Å². The van der Waals surface area contributed by atoms with Crippen LogP contribution >= 0.6 is 0 Å². The highest BCUT2D eigenvalue weighted by molar-refractivity contribution is 5.06. The Morgan fingerprint density at radius 1 is 1.28 bits per heavy atom. The zero-order chi connectivity index (χ0) is 13.2. The first-order valence-electron chi connectivity index (χ1n) is 7.77. The molecule has 18 heavy (non-hydrogen) atoms. The smallest absolute Gasteiger partial charge is 0.0628 e. The molecule has 0 amide bonds. The molecule has 106 valence electrons. The Hall–Kier alpha value is -0.120. The van der Waals surface area contributed by atoms with Crippen molar-refractivity contribution in [3.8, 4) is 0 Å². The summed E-state index contributed by atoms with van der Waals surface area (Å²) in [4.78, 5) is 2.53. The Bertz CT molecular complexity index is 263. The minimum atomic E-state index is -0.0272. The molecule has 0 aliphatic heterocycles. The highest BCUT2D eigenvalue weighted by Crippen LogP contribution is 2.42. The molecule has 0 heterocycles. The second-order valence-electron chi connectivity index (χ2n) is 6.33. The topological polar surface area (TPSA) is 35.5 Å². The van der Waals surface area contributed by atoms with Crippen molar-refractivity contribution in [1.82, 2.24) is 10.2 Å². The van der Waals surface area contributed by atoms with Gasteiger partial charge in [-0.15, -0.1) is 0 Å². The molecule has 0 aromatic rings. The van der Waals surface area contributed by atoms with Crippen LogP contribution in [-0.2, 0) is 0 Å². The Labute approximate surface area is 112 Å². The van der Waals surface area contributed by atoms with E-state index in [-0.39, 0.29) is 5.54 Å². The zero-order valence-electron chi connectivity index (χ0n) is 12.3. The molecule has 2 fully saturated rings. The Balaban J connectivity index is 2.02. The average molecular weight is 254 g/mol. The van der Waals surface area contributed by atoms with E-state index >= 15 is 0 Å². The fraction of sp³-hybridized carbons (Fsp3) is 1.00. The van der Waals surface area contributed by atoms with E-state index in [1.54, 1.807) is 0 Å². The molecule has 2 N–H and O–H groups in total. The molecule has 0 spiro atoms. The molecular weight excluding hydrogens is 224 g/mol. The van der Waals surface area contributed by atoms with Gasteiger partial charge in [-0.3, -0.25) is 4.90 Å². The molecule has 0 bridgehead atoms. The Morgan fingerprint density at radius 3 is 2.33 bits per heavy atom. The maximum absolute atomic E-state index is 9.97. The van der Waals surface area contributed by atoms with Crippen molar-refractivity contribution in [3.63, 3.8) is 0 Å². The lowest BCUT2D eigenvalue weighted by molar-refractivity contribution is 0.0736. The van der Waals surface area contributed by atoms with Crippen LogP contribution in [0.1, 0.15) is 52.9 Å². The van der Waals surface area contributed by atoms with Crippen molar-refractivity contribution in [2.75, 3.05) is 19.7 Å². The van der Waals surface area contributed by atoms with Gasteiger partial charge >= 0.3 is 0 Å². The van der Waals surface area contributed by atoms with Gasteiger partial charge in [0, 0.05) is 18.6 Å². The summed E-state index contributed by atoms with van der Waals surface area (Å²) in [5.41, 5.74) is -0.0272. The van der Waals surface area contributed by atoms with Crippen LogP contribution in [0.5, 0.6) is 0 Å². The van der Waals surface area contributed by atoms with E-state index in [0.717, 1.165) is 13.1 Å². The predicted molar refractivity (Wildman–Crippen MR) is 75.7 cm³/mol. The van der Waals surface area contributed by atoms with Gasteiger partial charge in [-0.25, -0.2) is 0 Å². The maximum atomic E-state index is 9.97. The number of aliphatic hydroxyl groups excluding tert-OH is 1. The fourth-order valence-corrected chi connectivity index (χ4v) is 2.99. The largest absolute Gasteiger partial charge is 0.394 e. The average Bonchev–Trinajstić information content (AvgIpc) is 3.26. The van der Waals surface area contributed by atoms with Crippen molar-refractivity contribution in [1.29, 1.82) is 0 Å². The third kappa shape index (κ3) is 3.25. The number of hydrogen-bond donors (Lipinski definition) is 2. The monoisotopic (exact) mass is 254 g/mol. The highest BCUT2D eigenvalue weighted by atomic mass is 16.3. The first kappa shape index (κ1) is 14.3. The number of likely N-dealkylation sites (N-methyl/N-ethyl adjacent to an activating group) is 1. The van der Waals surface area contributed by atoms with E-state index in [1.165, 1.54) is 32.1 Å². The van der Waals surface area contributed by atoms with Crippen molar-refractivity contribution >= 4 is 0 Å². The molecule has 0 saturated heterocycles. The lowest BCUT2D eigenvalue weighted by Crippen LogP contribution is -2.59. The highest BCUT2D eigenvalue weighted by Gasteiger charge is 2.48. The minimum absolute atomic E-state index is 0.0272. The molecule has 0 aromatic carbocycles. The van der Waals surface area contributed by atoms with Gasteiger partial charge in [-0.1, -0.05) is 13.8 Å². The van der Waals surface area contributed by atoms with Gasteiger partial charge in [-0.05, 0) is 51.5 Å². The second-order valence-corrected chi connectivity index (χ2v) is 6.33. The minimum Gasteiger partial charge on any atom is -0.394 e. The van der Waals surface area contributed by atoms with E-state index in [0.29, 0.717) is 24.6 Å². The van der Waals surface area contributed by atoms with Crippen molar-refractivity contribution in [2.45, 2.75) is 70.5 Å². The molecule has 2 aliphatic rings. The van der Waals surface area contributed by atoms with Crippen LogP contribution in [0.25, 0.3) is 0 Å². The van der Waals surface area contributed by atoms with Crippen LogP contribution in [0.4, 0.5) is 0 Å². The molecule has 2 aliphatic carbocycles. The van der Waals surface area contributed by atoms with E-state index in [1.807, 2.05) is 0 Å². The third-order valence-electron chi connectivity index (χ3n) is 4.82. The number of nitrogens with zero attached hydrogens (tertiary/aromatic N) is 1. The predicted octanol–water partition coefficient (Wildman–Crippen LogP) is 2.00. The Morgan fingerprint density at radius 2 is 1.94 bits per heavy atom. The number of aliphatic hydroxyl groups is 1. The van der Waals surface area contributed by atoms with Crippen LogP contribution in [0, 0.1) is 5.92 Å². The van der Waals surface area contributed by atoms with E-state index in [4.69, 9.17) is 0 Å². The summed E-state index contributed by atoms with van der Waals surface area (Å²) in [6, 6.07) is 1.29. The summed E-state index contributed by atoms with van der Waals surface area (Å²) in [5, 5.41) is 13.7. The molecule has 3 heteroatoms. The summed E-state index contributed by atoms with van der Waals surface area (Å²) < 4.78 is 0. The lowest BCUT2D eigenvalue weighted by Gasteiger charge is -2.40. The second kappa shape index (κ2) is 5.89. The van der Waals surface area contributed by atoms with Gasteiger partial charge in [0.2, 0.25) is 0 Å². The van der Waals surface area contributed by atoms with Crippen molar-refractivity contribution in [3.05, 3.63) is 0 Å². The van der Waals surface area contributed by atoms with Gasteiger partial charge in [0.05, 0.1) is 12.1 Å². The summed E-state index contributed by atoms with van der Waals surface area (Å²) in [6.45, 7) is 9.17. The fourth-order valence-electron chi connectivity index (χ4n) is 2.99. The molecule has 2 rings (SSSR count). The normalized spacial score (nSPS) is 25.2. The van der Waals surface area contributed by atoms with Crippen LogP contribution in [0.2, 0.25) is 0 Å². The summed E-state index contributed by atoms with van der Waals surface area (Å²) in [6.07, 6.45) is 6.36. The number of rotatable bonds is 9. The SMILES string of the molecule is CCC(C)N(CC)CC(CO)(NC1CC1)C1CC1. The van der Waals surface area contributed by atoms with Gasteiger partial charge in [0.1, 0.15) is 0 Å². The molecule has 2 unspecified atom stereocenters. The summed E-state index contributed by atoms with van der Waals surface area (Å²) >= 11 is 0. The molecule has 0 aromatic heterocycles. The quantitative estimate of drug-likeness (QED) is 0.660. The molecule has 0 radical (unpaired) electrons. The lowest BCUT2D eigenvalue weighted by atomic mass is 9.92. The summed E-state index contributed by atoms with van der Waals surface area (Å²) in [5.74, 6) is 0.696. The van der Waals surface area contributed by atoms with E-state index in [2.05, 4.69) is 31.0 Å². The van der Waals surface area contributed by atoms with E-state index in [9.17, 15) is 5.11 Å². The van der Waals surface area contributed by atoms with Crippen LogP contribution in [0.3, 0.4) is 0 Å². The molecule has 3 nitrogen and oxygen atoms in total. The van der Waals surface area contributed by atoms with Crippen LogP contribution in [-0.4, -0.2) is 47.3 Å². The third-order valence-corrected chi connectivity index (χ3v) is 4.82. The first-order chi connectivity index (χ1) is 8.65. The van der Waals surface area contributed by atoms with Gasteiger partial charge in [0.15, 0.2) is 0 Å². The van der Waals surface area contributed by atoms with E-state index < -0.39 is 0 Å². The van der Waals surface area contributed by atoms with Crippen molar-refractivity contribution in [2.24, 2.45) is 5.92 Å². The number of hydrogen-bond acceptors (Lipinski definition) is 3. The standard InChI is InChI=1S/C15H30N2O/c1-4-12(3)17(5-2)10-15(11-18,13-6-7-13)16-14-8-9-14/h12-14,16,18H,4-11H2,1-3H3.